The van der Waals surface area contributed by atoms with Gasteiger partial charge in [0.15, 0.2) is 11.6 Å². The quantitative estimate of drug-likeness (QED) is 0.185. The normalized spacial score (nSPS) is 14.6. The molecule has 0 bridgehead atoms. The summed E-state index contributed by atoms with van der Waals surface area (Å²) in [5.41, 5.74) is 9.91. The maximum absolute atomic E-state index is 8.95. The second kappa shape index (κ2) is 11.1. The lowest BCUT2D eigenvalue weighted by Gasteiger charge is -2.21. The van der Waals surface area contributed by atoms with E-state index in [1.54, 1.807) is 0 Å². The predicted octanol–water partition coefficient (Wildman–Crippen LogP) is 11.7. The van der Waals surface area contributed by atoms with E-state index in [0.29, 0.717) is 5.82 Å². The van der Waals surface area contributed by atoms with Crippen molar-refractivity contribution in [3.63, 3.8) is 0 Å². The van der Waals surface area contributed by atoms with Crippen LogP contribution < -0.4 is 0 Å². The molecule has 53 heavy (non-hydrogen) atoms. The minimum absolute atomic E-state index is 0.00884. The van der Waals surface area contributed by atoms with Crippen molar-refractivity contribution in [3.8, 4) is 45.5 Å². The Kier molecular flexibility index (Phi) is 5.26. The molecule has 0 fully saturated rings. The molecular weight excluding hydrogens is 647 g/mol. The van der Waals surface area contributed by atoms with E-state index in [4.69, 9.17) is 21.8 Å². The molecule has 0 radical (unpaired) electrons. The first-order chi connectivity index (χ1) is 28.1. The second-order valence-electron chi connectivity index (χ2n) is 14.1. The maximum atomic E-state index is 8.95. The van der Waals surface area contributed by atoms with E-state index in [1.807, 2.05) is 47.0 Å². The molecule has 3 heterocycles. The van der Waals surface area contributed by atoms with Crippen LogP contribution in [0.4, 0.5) is 0 Å². The zero-order chi connectivity index (χ0) is 39.6. The molecule has 0 amide bonds. The molecule has 0 N–H and O–H groups in total. The molecule has 3 aromatic heterocycles. The highest BCUT2D eigenvalue weighted by Crippen LogP contribution is 2.49. The molecule has 0 saturated carbocycles. The van der Waals surface area contributed by atoms with Gasteiger partial charge in [0.2, 0.25) is 5.95 Å². The van der Waals surface area contributed by atoms with Gasteiger partial charge in [-0.05, 0) is 58.7 Å². The number of para-hydroxylation sites is 3. The fourth-order valence-corrected chi connectivity index (χ4v) is 8.48. The van der Waals surface area contributed by atoms with Crippen LogP contribution in [0.3, 0.4) is 0 Å². The molecule has 1 aliphatic carbocycles. The summed E-state index contributed by atoms with van der Waals surface area (Å²) in [6.07, 6.45) is 0. The van der Waals surface area contributed by atoms with Crippen LogP contribution >= 0.6 is 0 Å². The molecule has 0 saturated heterocycles. The summed E-state index contributed by atoms with van der Waals surface area (Å²) in [5.74, 6) is 0.583. The van der Waals surface area contributed by atoms with E-state index >= 15 is 0 Å². The number of aromatic nitrogens is 5. The Hall–Kier alpha value is -6.85. The lowest BCUT2D eigenvalue weighted by atomic mass is 9.82. The van der Waals surface area contributed by atoms with Crippen LogP contribution in [0.5, 0.6) is 0 Å². The van der Waals surface area contributed by atoms with Gasteiger partial charge < -0.3 is 4.57 Å². The number of nitrogens with zero attached hydrogens (tertiary/aromatic N) is 5. The van der Waals surface area contributed by atoms with Gasteiger partial charge >= 0.3 is 0 Å². The van der Waals surface area contributed by atoms with Crippen molar-refractivity contribution in [3.05, 3.63) is 175 Å². The Bertz CT molecular complexity index is 3360. The van der Waals surface area contributed by atoms with E-state index in [2.05, 4.69) is 109 Å². The van der Waals surface area contributed by atoms with Crippen LogP contribution in [-0.2, 0) is 5.41 Å². The first-order valence-electron chi connectivity index (χ1n) is 20.2. The lowest BCUT2D eigenvalue weighted by Crippen LogP contribution is -2.15. The third-order valence-electron chi connectivity index (χ3n) is 10.9. The van der Waals surface area contributed by atoms with Crippen molar-refractivity contribution in [2.45, 2.75) is 19.3 Å². The summed E-state index contributed by atoms with van der Waals surface area (Å²) in [5, 5.41) is 4.24. The SMILES string of the molecule is [2H]c1c([2H])c([2H])c(-c2nc(-c3ccc4c(c3)C(C)(C)c3ccccc3-4)nc(-n3c4ccccc4c4c3ccc3c5ccccc5n(-c5ccccc5)c34)n2)c([2H])c1[2H]. The highest BCUT2D eigenvalue weighted by atomic mass is 15.2. The van der Waals surface area contributed by atoms with Crippen LogP contribution in [0.25, 0.3) is 89.2 Å². The fraction of sp³-hybridized carbons (Fsp3) is 0.0625. The molecule has 1 aliphatic rings. The topological polar surface area (TPSA) is 48.5 Å². The molecule has 0 atom stereocenters. The van der Waals surface area contributed by atoms with Crippen molar-refractivity contribution >= 4 is 43.6 Å². The third-order valence-corrected chi connectivity index (χ3v) is 10.9. The number of hydrogen-bond donors (Lipinski definition) is 0. The second-order valence-corrected chi connectivity index (χ2v) is 14.1. The monoisotopic (exact) mass is 684 g/mol. The number of hydrogen-bond acceptors (Lipinski definition) is 3. The molecule has 0 aliphatic heterocycles. The zero-order valence-corrected chi connectivity index (χ0v) is 28.9. The molecule has 5 nitrogen and oxygen atoms in total. The van der Waals surface area contributed by atoms with Gasteiger partial charge in [-0.3, -0.25) is 4.57 Å². The third kappa shape index (κ3) is 4.28. The summed E-state index contributed by atoms with van der Waals surface area (Å²) in [6, 6.07) is 43.7. The molecule has 5 heteroatoms. The molecule has 7 aromatic carbocycles. The Labute approximate surface area is 313 Å². The average Bonchev–Trinajstić information content (AvgIpc) is 3.85. The molecule has 250 valence electrons. The van der Waals surface area contributed by atoms with Crippen LogP contribution in [0, 0.1) is 0 Å². The van der Waals surface area contributed by atoms with Crippen molar-refractivity contribution in [1.82, 2.24) is 24.1 Å². The summed E-state index contributed by atoms with van der Waals surface area (Å²) < 4.78 is 47.6. The zero-order valence-electron chi connectivity index (χ0n) is 33.9. The van der Waals surface area contributed by atoms with Gasteiger partial charge in [-0.15, -0.1) is 0 Å². The van der Waals surface area contributed by atoms with Crippen molar-refractivity contribution in [1.29, 1.82) is 0 Å². The number of rotatable bonds is 4. The standard InChI is InChI=1S/C48H33N5/c1-48(2)38-22-12-9-19-33(38)34-26-25-31(29-39(34)48)46-49-45(30-15-5-3-6-16-30)50-47(51-46)53-41-24-14-11-21-37(41)43-42(53)28-27-36-35-20-10-13-23-40(35)52(44(36)43)32-17-7-4-8-18-32/h3-29H,1-2H3/i3D,5D,6D,15D,16D. The molecule has 10 aromatic rings. The minimum atomic E-state index is -0.478. The predicted molar refractivity (Wildman–Crippen MR) is 217 cm³/mol. The molecule has 11 rings (SSSR count). The Balaban J connectivity index is 1.24. The van der Waals surface area contributed by atoms with E-state index in [-0.39, 0.29) is 34.8 Å². The van der Waals surface area contributed by atoms with Crippen molar-refractivity contribution in [2.24, 2.45) is 0 Å². The minimum Gasteiger partial charge on any atom is -0.309 e. The molecular formula is C48H33N5. The van der Waals surface area contributed by atoms with Crippen LogP contribution in [0.2, 0.25) is 0 Å². The van der Waals surface area contributed by atoms with Gasteiger partial charge in [0.05, 0.1) is 28.9 Å². The van der Waals surface area contributed by atoms with Gasteiger partial charge in [-0.2, -0.15) is 9.97 Å². The van der Waals surface area contributed by atoms with Crippen molar-refractivity contribution in [2.75, 3.05) is 0 Å². The van der Waals surface area contributed by atoms with Gasteiger partial charge in [0.1, 0.15) is 0 Å². The summed E-state index contributed by atoms with van der Waals surface area (Å²) in [7, 11) is 0. The van der Waals surface area contributed by atoms with E-state index < -0.39 is 18.1 Å². The number of fused-ring (bicyclic) bond motifs is 10. The van der Waals surface area contributed by atoms with Gasteiger partial charge in [0, 0.05) is 43.8 Å². The average molecular weight is 685 g/mol. The van der Waals surface area contributed by atoms with E-state index in [0.717, 1.165) is 66.0 Å². The fourth-order valence-electron chi connectivity index (χ4n) is 8.48. The van der Waals surface area contributed by atoms with Crippen LogP contribution in [-0.4, -0.2) is 24.1 Å². The van der Waals surface area contributed by atoms with E-state index in [9.17, 15) is 0 Å². The van der Waals surface area contributed by atoms with Crippen LogP contribution in [0.15, 0.2) is 164 Å². The summed E-state index contributed by atoms with van der Waals surface area (Å²) in [4.78, 5) is 15.1. The highest BCUT2D eigenvalue weighted by molar-refractivity contribution is 6.26. The summed E-state index contributed by atoms with van der Waals surface area (Å²) in [6.45, 7) is 4.43. The summed E-state index contributed by atoms with van der Waals surface area (Å²) >= 11 is 0. The molecule has 0 spiro atoms. The smallest absolute Gasteiger partial charge is 0.238 e. The van der Waals surface area contributed by atoms with Gasteiger partial charge in [-0.25, -0.2) is 4.98 Å². The van der Waals surface area contributed by atoms with Gasteiger partial charge in [0.25, 0.3) is 0 Å². The van der Waals surface area contributed by atoms with E-state index in [1.165, 1.54) is 11.1 Å². The first kappa shape index (κ1) is 25.2. The maximum Gasteiger partial charge on any atom is 0.238 e. The number of benzene rings is 7. The Morgan fingerprint density at radius 1 is 0.509 bits per heavy atom. The highest BCUT2D eigenvalue weighted by Gasteiger charge is 2.35. The van der Waals surface area contributed by atoms with Gasteiger partial charge in [-0.1, -0.05) is 141 Å². The molecule has 0 unspecified atom stereocenters. The Morgan fingerprint density at radius 3 is 1.98 bits per heavy atom. The largest absolute Gasteiger partial charge is 0.309 e. The Morgan fingerprint density at radius 2 is 1.17 bits per heavy atom. The van der Waals surface area contributed by atoms with Crippen molar-refractivity contribution < 1.29 is 6.85 Å². The first-order valence-corrected chi connectivity index (χ1v) is 17.7. The lowest BCUT2D eigenvalue weighted by molar-refractivity contribution is 0.660. The van der Waals surface area contributed by atoms with Crippen LogP contribution in [0.1, 0.15) is 31.8 Å².